The molecule has 3 N–H and O–H groups in total. The topological polar surface area (TPSA) is 92.6 Å². The van der Waals surface area contributed by atoms with E-state index >= 15 is 0 Å². The molecule has 3 rings (SSSR count). The molecule has 0 unspecified atom stereocenters. The number of halogens is 1. The summed E-state index contributed by atoms with van der Waals surface area (Å²) in [6.07, 6.45) is 0. The van der Waals surface area contributed by atoms with E-state index in [1.54, 1.807) is 24.4 Å². The molecular weight excluding hydrogens is 397 g/mol. The lowest BCUT2D eigenvalue weighted by atomic mass is 10.1. The van der Waals surface area contributed by atoms with Gasteiger partial charge >= 0.3 is 0 Å². The molecule has 0 radical (unpaired) electrons. The van der Waals surface area contributed by atoms with Crippen molar-refractivity contribution in [3.63, 3.8) is 0 Å². The number of anilines is 2. The second-order valence-electron chi connectivity index (χ2n) is 5.86. The second-order valence-corrected chi connectivity index (χ2v) is 6.78. The Morgan fingerprint density at radius 3 is 2.69 bits per heavy atom. The SMILES string of the molecule is CC.Cc1ccc(Nc2c(C(=O)NOCCO)c3sccc3c(=O)n2C)c(F)c1. The highest BCUT2D eigenvalue weighted by Crippen LogP contribution is 2.30. The minimum absolute atomic E-state index is 0.0829. The van der Waals surface area contributed by atoms with Crippen molar-refractivity contribution in [2.75, 3.05) is 18.5 Å². The maximum Gasteiger partial charge on any atom is 0.280 e. The van der Waals surface area contributed by atoms with E-state index in [2.05, 4.69) is 10.8 Å². The zero-order valence-corrected chi connectivity index (χ0v) is 17.5. The zero-order valence-electron chi connectivity index (χ0n) is 16.7. The summed E-state index contributed by atoms with van der Waals surface area (Å²) < 4.78 is 16.0. The van der Waals surface area contributed by atoms with Crippen molar-refractivity contribution in [1.29, 1.82) is 0 Å². The molecule has 0 spiro atoms. The molecule has 7 nitrogen and oxygen atoms in total. The van der Waals surface area contributed by atoms with E-state index in [0.717, 1.165) is 5.56 Å². The molecule has 0 bridgehead atoms. The summed E-state index contributed by atoms with van der Waals surface area (Å²) in [4.78, 5) is 30.2. The van der Waals surface area contributed by atoms with Crippen molar-refractivity contribution in [2.45, 2.75) is 20.8 Å². The molecule has 2 aromatic heterocycles. The fraction of sp³-hybridized carbons (Fsp3) is 0.300. The van der Waals surface area contributed by atoms with E-state index in [1.165, 1.54) is 35.1 Å². The Bertz CT molecular complexity index is 1060. The number of aliphatic hydroxyl groups is 1. The Balaban J connectivity index is 0.00000145. The number of aliphatic hydroxyl groups excluding tert-OH is 1. The molecule has 1 amide bonds. The maximum absolute atomic E-state index is 14.3. The van der Waals surface area contributed by atoms with Crippen molar-refractivity contribution < 1.29 is 19.1 Å². The van der Waals surface area contributed by atoms with Gasteiger partial charge in [0.1, 0.15) is 17.2 Å². The van der Waals surface area contributed by atoms with Gasteiger partial charge in [0.15, 0.2) is 0 Å². The van der Waals surface area contributed by atoms with Crippen molar-refractivity contribution in [3.05, 3.63) is 56.9 Å². The number of hydrogen-bond acceptors (Lipinski definition) is 6. The number of carbonyl (C=O) groups excluding carboxylic acids is 1. The van der Waals surface area contributed by atoms with Crippen LogP contribution in [0.3, 0.4) is 0 Å². The highest BCUT2D eigenvalue weighted by atomic mass is 32.1. The Morgan fingerprint density at radius 2 is 2.03 bits per heavy atom. The number of hydrogen-bond donors (Lipinski definition) is 3. The molecule has 156 valence electrons. The molecule has 0 fully saturated rings. The summed E-state index contributed by atoms with van der Waals surface area (Å²) in [6, 6.07) is 6.24. The summed E-state index contributed by atoms with van der Waals surface area (Å²) in [7, 11) is 1.50. The van der Waals surface area contributed by atoms with Gasteiger partial charge < -0.3 is 10.4 Å². The number of amides is 1. The van der Waals surface area contributed by atoms with Gasteiger partial charge in [-0.05, 0) is 36.1 Å². The molecule has 0 aliphatic heterocycles. The highest BCUT2D eigenvalue weighted by Gasteiger charge is 2.23. The number of pyridine rings is 1. The first-order chi connectivity index (χ1) is 13.9. The van der Waals surface area contributed by atoms with Crippen LogP contribution in [0, 0.1) is 12.7 Å². The third-order valence-electron chi connectivity index (χ3n) is 3.96. The molecule has 0 aliphatic carbocycles. The van der Waals surface area contributed by atoms with E-state index in [-0.39, 0.29) is 35.8 Å². The van der Waals surface area contributed by atoms with Gasteiger partial charge in [0.25, 0.3) is 11.5 Å². The van der Waals surface area contributed by atoms with Gasteiger partial charge in [0.05, 0.1) is 29.0 Å². The van der Waals surface area contributed by atoms with Crippen LogP contribution in [0.1, 0.15) is 29.8 Å². The van der Waals surface area contributed by atoms with Crippen LogP contribution in [0.5, 0.6) is 0 Å². The highest BCUT2D eigenvalue weighted by molar-refractivity contribution is 7.17. The summed E-state index contributed by atoms with van der Waals surface area (Å²) in [5.74, 6) is -0.971. The Kier molecular flexibility index (Phi) is 7.89. The van der Waals surface area contributed by atoms with Crippen molar-refractivity contribution in [2.24, 2.45) is 7.05 Å². The standard InChI is InChI=1S/C18H18FN3O4S.C2H6/c1-10-3-4-13(12(19)9-10)20-16-14(17(24)21-26-7-6-23)15-11(5-8-27-15)18(25)22(16)2;1-2/h3-5,8-9,20,23H,6-7H2,1-2H3,(H,21,24);1-2H3. The Hall–Kier alpha value is -2.75. The third kappa shape index (κ3) is 4.81. The van der Waals surface area contributed by atoms with Crippen molar-refractivity contribution >= 4 is 38.8 Å². The molecular formula is C20H24FN3O4S. The molecule has 0 aliphatic rings. The van der Waals surface area contributed by atoms with Gasteiger partial charge in [-0.1, -0.05) is 19.9 Å². The first-order valence-electron chi connectivity index (χ1n) is 9.10. The maximum atomic E-state index is 14.3. The second kappa shape index (κ2) is 10.1. The van der Waals surface area contributed by atoms with E-state index in [9.17, 15) is 14.0 Å². The van der Waals surface area contributed by atoms with Crippen LogP contribution in [0.25, 0.3) is 10.1 Å². The predicted octanol–water partition coefficient (Wildman–Crippen LogP) is 3.47. The summed E-state index contributed by atoms with van der Waals surface area (Å²) in [5.41, 5.74) is 2.96. The van der Waals surface area contributed by atoms with E-state index < -0.39 is 11.7 Å². The van der Waals surface area contributed by atoms with Gasteiger partial charge in [-0.25, -0.2) is 9.87 Å². The smallest absolute Gasteiger partial charge is 0.280 e. The molecule has 1 aromatic carbocycles. The number of thiophene rings is 1. The molecule has 2 heterocycles. The van der Waals surface area contributed by atoms with Gasteiger partial charge in [-0.2, -0.15) is 0 Å². The van der Waals surface area contributed by atoms with Gasteiger partial charge in [-0.15, -0.1) is 11.3 Å². The number of aryl methyl sites for hydroxylation is 1. The van der Waals surface area contributed by atoms with Crippen LogP contribution in [0.2, 0.25) is 0 Å². The molecule has 9 heteroatoms. The lowest BCUT2D eigenvalue weighted by Gasteiger charge is -2.17. The number of carbonyl (C=O) groups is 1. The number of aromatic nitrogens is 1. The van der Waals surface area contributed by atoms with Gasteiger partial charge in [0, 0.05) is 7.05 Å². The van der Waals surface area contributed by atoms with Crippen LogP contribution in [0.4, 0.5) is 15.9 Å². The minimum Gasteiger partial charge on any atom is -0.394 e. The summed E-state index contributed by atoms with van der Waals surface area (Å²) >= 11 is 1.22. The van der Waals surface area contributed by atoms with Crippen molar-refractivity contribution in [1.82, 2.24) is 10.0 Å². The lowest BCUT2D eigenvalue weighted by molar-refractivity contribution is 0.0170. The molecule has 0 saturated carbocycles. The number of fused-ring (bicyclic) bond motifs is 1. The van der Waals surface area contributed by atoms with Crippen molar-refractivity contribution in [3.8, 4) is 0 Å². The van der Waals surface area contributed by atoms with E-state index in [4.69, 9.17) is 9.94 Å². The van der Waals surface area contributed by atoms with E-state index in [1.807, 2.05) is 13.8 Å². The molecule has 0 saturated heterocycles. The fourth-order valence-corrected chi connectivity index (χ4v) is 3.58. The van der Waals surface area contributed by atoms with Crippen LogP contribution in [-0.4, -0.2) is 28.8 Å². The average molecular weight is 421 g/mol. The Labute approximate surface area is 171 Å². The molecule has 0 atom stereocenters. The average Bonchev–Trinajstić information content (AvgIpc) is 3.19. The molecule has 3 aromatic rings. The van der Waals surface area contributed by atoms with Gasteiger partial charge in [-0.3, -0.25) is 19.0 Å². The summed E-state index contributed by atoms with van der Waals surface area (Å²) in [5, 5.41) is 13.7. The van der Waals surface area contributed by atoms with Crippen LogP contribution in [-0.2, 0) is 11.9 Å². The Morgan fingerprint density at radius 1 is 1.31 bits per heavy atom. The monoisotopic (exact) mass is 421 g/mol. The lowest BCUT2D eigenvalue weighted by Crippen LogP contribution is -2.29. The minimum atomic E-state index is -0.610. The predicted molar refractivity (Wildman–Crippen MR) is 113 cm³/mol. The zero-order chi connectivity index (χ0) is 21.6. The number of nitrogens with zero attached hydrogens (tertiary/aromatic N) is 1. The number of hydroxylamine groups is 1. The number of rotatable bonds is 6. The summed E-state index contributed by atoms with van der Waals surface area (Å²) in [6.45, 7) is 5.42. The van der Waals surface area contributed by atoms with Crippen LogP contribution < -0.4 is 16.4 Å². The quantitative estimate of drug-likeness (QED) is 0.419. The largest absolute Gasteiger partial charge is 0.394 e. The van der Waals surface area contributed by atoms with Gasteiger partial charge in [0.2, 0.25) is 0 Å². The first-order valence-corrected chi connectivity index (χ1v) is 9.98. The third-order valence-corrected chi connectivity index (χ3v) is 4.89. The van der Waals surface area contributed by atoms with Crippen LogP contribution >= 0.6 is 11.3 Å². The number of benzene rings is 1. The molecule has 29 heavy (non-hydrogen) atoms. The normalized spacial score (nSPS) is 10.4. The van der Waals surface area contributed by atoms with E-state index in [0.29, 0.717) is 10.1 Å². The first kappa shape index (κ1) is 22.5. The fourth-order valence-electron chi connectivity index (χ4n) is 2.65. The van der Waals surface area contributed by atoms with Crippen LogP contribution in [0.15, 0.2) is 34.4 Å². The number of nitrogens with one attached hydrogen (secondary N) is 2.